The number of fused-ring (bicyclic) bond motifs is 2. The van der Waals surface area contributed by atoms with Crippen molar-refractivity contribution in [1.82, 2.24) is 20.5 Å². The number of hydrogen-bond acceptors (Lipinski definition) is 3. The van der Waals surface area contributed by atoms with E-state index in [0.29, 0.717) is 0 Å². The van der Waals surface area contributed by atoms with Gasteiger partial charge in [0.2, 0.25) is 0 Å². The lowest BCUT2D eigenvalue weighted by atomic mass is 10.1. The molecular weight excluding hydrogens is 164 g/mol. The molecule has 66 valence electrons. The molecule has 2 aromatic rings. The summed E-state index contributed by atoms with van der Waals surface area (Å²) in [6.07, 6.45) is 2.90. The topological polar surface area (TPSA) is 53.6 Å². The van der Waals surface area contributed by atoms with Crippen molar-refractivity contribution in [3.8, 4) is 0 Å². The highest BCUT2D eigenvalue weighted by atomic mass is 15.1. The van der Waals surface area contributed by atoms with Gasteiger partial charge in [-0.2, -0.15) is 5.10 Å². The Kier molecular flexibility index (Phi) is 1.37. The Balaban J connectivity index is 2.28. The maximum Gasteiger partial charge on any atom is 0.155 e. The molecule has 0 saturated carbocycles. The van der Waals surface area contributed by atoms with E-state index in [4.69, 9.17) is 0 Å². The van der Waals surface area contributed by atoms with E-state index in [1.807, 2.05) is 6.20 Å². The van der Waals surface area contributed by atoms with Gasteiger partial charge in [-0.05, 0) is 24.6 Å². The fourth-order valence-electron chi connectivity index (χ4n) is 1.76. The fourth-order valence-corrected chi connectivity index (χ4v) is 1.76. The van der Waals surface area contributed by atoms with Gasteiger partial charge in [-0.1, -0.05) is 0 Å². The maximum atomic E-state index is 4.50. The molecule has 0 atom stereocenters. The summed E-state index contributed by atoms with van der Waals surface area (Å²) in [5.74, 6) is 0. The molecule has 4 heteroatoms. The standard InChI is InChI=1S/C9H10N4/c1-2-10-5-8-6(1)3-7-4-11-13-9(7)12-8/h3-4,10H,1-2,5H2,(H,11,12,13). The van der Waals surface area contributed by atoms with E-state index in [1.54, 1.807) is 0 Å². The van der Waals surface area contributed by atoms with Gasteiger partial charge in [-0.3, -0.25) is 5.10 Å². The maximum absolute atomic E-state index is 4.50. The smallest absolute Gasteiger partial charge is 0.155 e. The van der Waals surface area contributed by atoms with E-state index in [9.17, 15) is 0 Å². The Bertz CT molecular complexity index is 406. The van der Waals surface area contributed by atoms with Gasteiger partial charge in [0, 0.05) is 11.9 Å². The van der Waals surface area contributed by atoms with Crippen LogP contribution >= 0.6 is 0 Å². The van der Waals surface area contributed by atoms with E-state index in [-0.39, 0.29) is 0 Å². The molecule has 0 aromatic carbocycles. The molecule has 2 N–H and O–H groups in total. The molecule has 1 aliphatic heterocycles. The molecule has 0 aliphatic carbocycles. The minimum Gasteiger partial charge on any atom is -0.311 e. The molecule has 0 bridgehead atoms. The van der Waals surface area contributed by atoms with Gasteiger partial charge >= 0.3 is 0 Å². The third kappa shape index (κ3) is 1.02. The minimum atomic E-state index is 0.879. The van der Waals surface area contributed by atoms with Crippen molar-refractivity contribution < 1.29 is 0 Å². The molecule has 2 aromatic heterocycles. The Morgan fingerprint density at radius 3 is 3.38 bits per heavy atom. The van der Waals surface area contributed by atoms with Gasteiger partial charge in [-0.25, -0.2) is 4.98 Å². The molecule has 3 heterocycles. The van der Waals surface area contributed by atoms with Crippen LogP contribution in [-0.2, 0) is 13.0 Å². The average molecular weight is 174 g/mol. The highest BCUT2D eigenvalue weighted by Gasteiger charge is 2.11. The third-order valence-electron chi connectivity index (χ3n) is 2.46. The number of pyridine rings is 1. The summed E-state index contributed by atoms with van der Waals surface area (Å²) in [5.41, 5.74) is 3.40. The van der Waals surface area contributed by atoms with Crippen molar-refractivity contribution in [2.75, 3.05) is 6.54 Å². The minimum absolute atomic E-state index is 0.879. The zero-order chi connectivity index (χ0) is 8.67. The van der Waals surface area contributed by atoms with Crippen LogP contribution in [0.3, 0.4) is 0 Å². The van der Waals surface area contributed by atoms with E-state index in [0.717, 1.165) is 36.2 Å². The Morgan fingerprint density at radius 2 is 2.38 bits per heavy atom. The van der Waals surface area contributed by atoms with Crippen molar-refractivity contribution >= 4 is 11.0 Å². The molecule has 0 spiro atoms. The van der Waals surface area contributed by atoms with Crippen LogP contribution in [0.15, 0.2) is 12.3 Å². The molecule has 4 nitrogen and oxygen atoms in total. The first-order valence-electron chi connectivity index (χ1n) is 4.46. The molecule has 13 heavy (non-hydrogen) atoms. The Hall–Kier alpha value is -1.42. The number of aromatic amines is 1. The number of nitrogens with zero attached hydrogens (tertiary/aromatic N) is 2. The van der Waals surface area contributed by atoms with Crippen LogP contribution < -0.4 is 5.32 Å². The highest BCUT2D eigenvalue weighted by molar-refractivity contribution is 5.74. The normalized spacial score (nSPS) is 16.0. The molecule has 0 fully saturated rings. The van der Waals surface area contributed by atoms with Crippen LogP contribution in [0, 0.1) is 0 Å². The largest absolute Gasteiger partial charge is 0.311 e. The molecule has 3 rings (SSSR count). The van der Waals surface area contributed by atoms with E-state index < -0.39 is 0 Å². The van der Waals surface area contributed by atoms with Crippen LogP contribution in [-0.4, -0.2) is 21.7 Å². The van der Waals surface area contributed by atoms with Gasteiger partial charge in [0.1, 0.15) is 0 Å². The monoisotopic (exact) mass is 174 g/mol. The van der Waals surface area contributed by atoms with E-state index in [1.165, 1.54) is 5.56 Å². The summed E-state index contributed by atoms with van der Waals surface area (Å²) in [5, 5.41) is 11.3. The Labute approximate surface area is 75.4 Å². The number of rotatable bonds is 0. The summed E-state index contributed by atoms with van der Waals surface area (Å²) < 4.78 is 0. The second kappa shape index (κ2) is 2.53. The second-order valence-corrected chi connectivity index (χ2v) is 3.33. The number of nitrogens with one attached hydrogen (secondary N) is 2. The first kappa shape index (κ1) is 7.03. The Morgan fingerprint density at radius 1 is 1.38 bits per heavy atom. The van der Waals surface area contributed by atoms with E-state index >= 15 is 0 Å². The lowest BCUT2D eigenvalue weighted by Crippen LogP contribution is -2.24. The van der Waals surface area contributed by atoms with Gasteiger partial charge < -0.3 is 5.32 Å². The number of H-pyrrole nitrogens is 1. The number of aromatic nitrogens is 3. The molecular formula is C9H10N4. The van der Waals surface area contributed by atoms with Crippen LogP contribution in [0.5, 0.6) is 0 Å². The van der Waals surface area contributed by atoms with Crippen LogP contribution in [0.25, 0.3) is 11.0 Å². The van der Waals surface area contributed by atoms with E-state index in [2.05, 4.69) is 26.6 Å². The van der Waals surface area contributed by atoms with Gasteiger partial charge in [0.15, 0.2) is 5.65 Å². The average Bonchev–Trinajstić information content (AvgIpc) is 2.61. The lowest BCUT2D eigenvalue weighted by molar-refractivity contribution is 0.630. The third-order valence-corrected chi connectivity index (χ3v) is 2.46. The lowest BCUT2D eigenvalue weighted by Gasteiger charge is -2.15. The second-order valence-electron chi connectivity index (χ2n) is 3.33. The molecule has 0 radical (unpaired) electrons. The zero-order valence-electron chi connectivity index (χ0n) is 7.17. The quantitative estimate of drug-likeness (QED) is 0.615. The molecule has 0 unspecified atom stereocenters. The van der Waals surface area contributed by atoms with Crippen LogP contribution in [0.4, 0.5) is 0 Å². The predicted molar refractivity (Wildman–Crippen MR) is 49.3 cm³/mol. The summed E-state index contributed by atoms with van der Waals surface area (Å²) in [7, 11) is 0. The first-order valence-corrected chi connectivity index (χ1v) is 4.46. The SMILES string of the molecule is c1n[nH]c2nc3c(cc12)CCNC3. The van der Waals surface area contributed by atoms with Gasteiger partial charge in [0.05, 0.1) is 11.9 Å². The van der Waals surface area contributed by atoms with Crippen LogP contribution in [0.1, 0.15) is 11.3 Å². The highest BCUT2D eigenvalue weighted by Crippen LogP contribution is 2.16. The summed E-state index contributed by atoms with van der Waals surface area (Å²) in [4.78, 5) is 4.50. The number of hydrogen-bond donors (Lipinski definition) is 2. The fraction of sp³-hybridized carbons (Fsp3) is 0.333. The van der Waals surface area contributed by atoms with Crippen molar-refractivity contribution in [2.24, 2.45) is 0 Å². The van der Waals surface area contributed by atoms with Gasteiger partial charge in [0.25, 0.3) is 0 Å². The van der Waals surface area contributed by atoms with Crippen LogP contribution in [0.2, 0.25) is 0 Å². The summed E-state index contributed by atoms with van der Waals surface area (Å²) in [6.45, 7) is 1.93. The molecule has 0 saturated heterocycles. The molecule has 0 amide bonds. The summed E-state index contributed by atoms with van der Waals surface area (Å²) >= 11 is 0. The van der Waals surface area contributed by atoms with Crippen molar-refractivity contribution in [2.45, 2.75) is 13.0 Å². The van der Waals surface area contributed by atoms with Crippen molar-refractivity contribution in [3.05, 3.63) is 23.5 Å². The predicted octanol–water partition coefficient (Wildman–Crippen LogP) is 0.604. The molecule has 1 aliphatic rings. The summed E-state index contributed by atoms with van der Waals surface area (Å²) in [6, 6.07) is 2.18. The van der Waals surface area contributed by atoms with Gasteiger partial charge in [-0.15, -0.1) is 0 Å². The first-order chi connectivity index (χ1) is 6.43. The van der Waals surface area contributed by atoms with Crippen molar-refractivity contribution in [1.29, 1.82) is 0 Å². The van der Waals surface area contributed by atoms with Crippen molar-refractivity contribution in [3.63, 3.8) is 0 Å². The zero-order valence-corrected chi connectivity index (χ0v) is 7.17.